The molecule has 0 amide bonds. The number of benzene rings is 1. The summed E-state index contributed by atoms with van der Waals surface area (Å²) < 4.78 is 1.26. The zero-order valence-electron chi connectivity index (χ0n) is 10.8. The second-order valence-corrected chi connectivity index (χ2v) is 6.69. The van der Waals surface area contributed by atoms with Crippen molar-refractivity contribution < 1.29 is 0 Å². The SMILES string of the molecule is CC1(C)C=CC(Br)=C(C2C=Cc3ccccc32)C1. The van der Waals surface area contributed by atoms with E-state index >= 15 is 0 Å². The molecule has 0 spiro atoms. The highest BCUT2D eigenvalue weighted by Gasteiger charge is 2.29. The molecule has 1 aromatic carbocycles. The fourth-order valence-electron chi connectivity index (χ4n) is 2.85. The minimum atomic E-state index is 0.262. The molecule has 1 aromatic rings. The van der Waals surface area contributed by atoms with E-state index in [9.17, 15) is 0 Å². The van der Waals surface area contributed by atoms with Gasteiger partial charge in [-0.2, -0.15) is 0 Å². The van der Waals surface area contributed by atoms with E-state index in [4.69, 9.17) is 0 Å². The van der Waals surface area contributed by atoms with Gasteiger partial charge >= 0.3 is 0 Å². The van der Waals surface area contributed by atoms with Gasteiger partial charge in [0.25, 0.3) is 0 Å². The first-order chi connectivity index (χ1) is 8.57. The second-order valence-electron chi connectivity index (χ2n) is 5.84. The first kappa shape index (κ1) is 12.0. The Morgan fingerprint density at radius 2 is 1.94 bits per heavy atom. The van der Waals surface area contributed by atoms with Crippen LogP contribution in [0.15, 0.2) is 52.5 Å². The summed E-state index contributed by atoms with van der Waals surface area (Å²) in [4.78, 5) is 0. The third kappa shape index (κ3) is 2.01. The smallest absolute Gasteiger partial charge is 0.0252 e. The highest BCUT2D eigenvalue weighted by atomic mass is 79.9. The van der Waals surface area contributed by atoms with Crippen LogP contribution in [0.25, 0.3) is 6.08 Å². The lowest BCUT2D eigenvalue weighted by Gasteiger charge is -2.29. The summed E-state index contributed by atoms with van der Waals surface area (Å²) in [5, 5.41) is 0. The van der Waals surface area contributed by atoms with E-state index in [1.807, 2.05) is 0 Å². The molecule has 1 atom stereocenters. The van der Waals surface area contributed by atoms with Crippen LogP contribution in [0, 0.1) is 5.41 Å². The normalized spacial score (nSPS) is 24.5. The van der Waals surface area contributed by atoms with Crippen LogP contribution in [-0.2, 0) is 0 Å². The lowest BCUT2D eigenvalue weighted by Crippen LogP contribution is -2.15. The van der Waals surface area contributed by atoms with E-state index in [2.05, 4.69) is 78.3 Å². The summed E-state index contributed by atoms with van der Waals surface area (Å²) in [6.07, 6.45) is 10.2. The van der Waals surface area contributed by atoms with E-state index in [0.717, 1.165) is 6.42 Å². The molecule has 0 radical (unpaired) electrons. The summed E-state index contributed by atoms with van der Waals surface area (Å²) >= 11 is 3.73. The van der Waals surface area contributed by atoms with Crippen LogP contribution in [0.2, 0.25) is 0 Å². The molecule has 1 heteroatoms. The first-order valence-electron chi connectivity index (χ1n) is 6.42. The van der Waals surface area contributed by atoms with Crippen LogP contribution in [-0.4, -0.2) is 0 Å². The van der Waals surface area contributed by atoms with E-state index in [1.54, 1.807) is 0 Å². The second kappa shape index (κ2) is 4.24. The molecule has 0 N–H and O–H groups in total. The van der Waals surface area contributed by atoms with Crippen molar-refractivity contribution >= 4 is 22.0 Å². The maximum absolute atomic E-state index is 3.73. The van der Waals surface area contributed by atoms with E-state index in [0.29, 0.717) is 5.92 Å². The van der Waals surface area contributed by atoms with Gasteiger partial charge < -0.3 is 0 Å². The van der Waals surface area contributed by atoms with E-state index in [-0.39, 0.29) is 5.41 Å². The van der Waals surface area contributed by atoms with Crippen LogP contribution >= 0.6 is 15.9 Å². The molecule has 0 aliphatic heterocycles. The summed E-state index contributed by atoms with van der Waals surface area (Å²) in [5.41, 5.74) is 4.57. The van der Waals surface area contributed by atoms with Crippen molar-refractivity contribution in [3.8, 4) is 0 Å². The van der Waals surface area contributed by atoms with Gasteiger partial charge in [0.2, 0.25) is 0 Å². The predicted octanol–water partition coefficient (Wildman–Crippen LogP) is 5.43. The Balaban J connectivity index is 2.03. The zero-order chi connectivity index (χ0) is 12.8. The number of rotatable bonds is 1. The van der Waals surface area contributed by atoms with Crippen LogP contribution in [0.3, 0.4) is 0 Å². The van der Waals surface area contributed by atoms with Crippen molar-refractivity contribution in [2.45, 2.75) is 26.2 Å². The molecular formula is C17H17Br. The monoisotopic (exact) mass is 300 g/mol. The number of halogens is 1. The minimum absolute atomic E-state index is 0.262. The van der Waals surface area contributed by atoms with Crippen LogP contribution in [0.4, 0.5) is 0 Å². The molecule has 2 aliphatic carbocycles. The standard InChI is InChI=1S/C17H17Br/c1-17(2)10-9-16(18)15(11-17)14-8-7-12-5-3-4-6-13(12)14/h3-10,14H,11H2,1-2H3. The molecule has 0 saturated heterocycles. The molecule has 2 aliphatic rings. The number of hydrogen-bond donors (Lipinski definition) is 0. The highest BCUT2D eigenvalue weighted by molar-refractivity contribution is 9.11. The van der Waals surface area contributed by atoms with Crippen molar-refractivity contribution in [3.63, 3.8) is 0 Å². The molecule has 1 unspecified atom stereocenters. The molecule has 18 heavy (non-hydrogen) atoms. The van der Waals surface area contributed by atoms with Crippen LogP contribution in [0.5, 0.6) is 0 Å². The Morgan fingerprint density at radius 1 is 1.17 bits per heavy atom. The Bertz CT molecular complexity index is 573. The Kier molecular flexibility index (Phi) is 2.82. The number of fused-ring (bicyclic) bond motifs is 1. The minimum Gasteiger partial charge on any atom is -0.0774 e. The lowest BCUT2D eigenvalue weighted by atomic mass is 9.77. The zero-order valence-corrected chi connectivity index (χ0v) is 12.4. The maximum Gasteiger partial charge on any atom is 0.0252 e. The topological polar surface area (TPSA) is 0 Å². The van der Waals surface area contributed by atoms with E-state index < -0.39 is 0 Å². The molecule has 0 heterocycles. The fraction of sp³-hybridized carbons (Fsp3) is 0.294. The molecule has 92 valence electrons. The molecule has 0 fully saturated rings. The van der Waals surface area contributed by atoms with Gasteiger partial charge in [-0.1, -0.05) is 78.3 Å². The predicted molar refractivity (Wildman–Crippen MR) is 81.7 cm³/mol. The van der Waals surface area contributed by atoms with Crippen molar-refractivity contribution in [2.24, 2.45) is 5.41 Å². The Hall–Kier alpha value is -1.08. The van der Waals surface area contributed by atoms with Gasteiger partial charge in [0.05, 0.1) is 0 Å². The van der Waals surface area contributed by atoms with Crippen LogP contribution < -0.4 is 0 Å². The Morgan fingerprint density at radius 3 is 2.78 bits per heavy atom. The molecule has 3 rings (SSSR count). The van der Waals surface area contributed by atoms with Gasteiger partial charge in [0, 0.05) is 10.4 Å². The summed E-state index contributed by atoms with van der Waals surface area (Å²) in [7, 11) is 0. The summed E-state index contributed by atoms with van der Waals surface area (Å²) in [6.45, 7) is 4.60. The Labute approximate surface area is 117 Å². The van der Waals surface area contributed by atoms with Gasteiger partial charge in [0.15, 0.2) is 0 Å². The fourth-order valence-corrected chi connectivity index (χ4v) is 3.37. The van der Waals surface area contributed by atoms with Gasteiger partial charge in [-0.3, -0.25) is 0 Å². The summed E-state index contributed by atoms with van der Waals surface area (Å²) in [6, 6.07) is 8.69. The lowest BCUT2D eigenvalue weighted by molar-refractivity contribution is 0.461. The average molecular weight is 301 g/mol. The van der Waals surface area contributed by atoms with Gasteiger partial charge in [0.1, 0.15) is 0 Å². The maximum atomic E-state index is 3.73. The third-order valence-corrected chi connectivity index (χ3v) is 4.58. The number of allylic oxidation sites excluding steroid dienone is 5. The largest absolute Gasteiger partial charge is 0.0774 e. The number of hydrogen-bond acceptors (Lipinski definition) is 0. The molecule has 0 bridgehead atoms. The van der Waals surface area contributed by atoms with Crippen molar-refractivity contribution in [1.82, 2.24) is 0 Å². The van der Waals surface area contributed by atoms with Crippen molar-refractivity contribution in [1.29, 1.82) is 0 Å². The average Bonchev–Trinajstić information content (AvgIpc) is 2.76. The van der Waals surface area contributed by atoms with Crippen molar-refractivity contribution in [3.05, 3.63) is 63.7 Å². The van der Waals surface area contributed by atoms with E-state index in [1.165, 1.54) is 21.2 Å². The molecule has 0 aromatic heterocycles. The van der Waals surface area contributed by atoms with Crippen LogP contribution in [0.1, 0.15) is 37.3 Å². The third-order valence-electron chi connectivity index (χ3n) is 3.81. The van der Waals surface area contributed by atoms with Gasteiger partial charge in [-0.05, 0) is 28.5 Å². The molecular weight excluding hydrogens is 284 g/mol. The molecule has 0 saturated carbocycles. The van der Waals surface area contributed by atoms with Crippen molar-refractivity contribution in [2.75, 3.05) is 0 Å². The molecule has 0 nitrogen and oxygen atoms in total. The summed E-state index contributed by atoms with van der Waals surface area (Å²) in [5.74, 6) is 0.444. The van der Waals surface area contributed by atoms with Gasteiger partial charge in [-0.15, -0.1) is 0 Å². The first-order valence-corrected chi connectivity index (χ1v) is 7.21. The highest BCUT2D eigenvalue weighted by Crippen LogP contribution is 2.45. The quantitative estimate of drug-likeness (QED) is 0.648. The van der Waals surface area contributed by atoms with Gasteiger partial charge in [-0.25, -0.2) is 0 Å².